The number of benzene rings is 1. The summed E-state index contributed by atoms with van der Waals surface area (Å²) in [6.07, 6.45) is 2.12. The van der Waals surface area contributed by atoms with Crippen molar-refractivity contribution < 1.29 is 19.4 Å². The lowest BCUT2D eigenvalue weighted by atomic mass is 10.1. The van der Waals surface area contributed by atoms with Crippen molar-refractivity contribution in [1.29, 1.82) is 0 Å². The minimum atomic E-state index is -0.985. The van der Waals surface area contributed by atoms with Gasteiger partial charge in [0.15, 0.2) is 0 Å². The van der Waals surface area contributed by atoms with Crippen molar-refractivity contribution in [1.82, 2.24) is 5.32 Å². The number of carboxylic acids is 1. The first-order valence-electron chi connectivity index (χ1n) is 6.23. The zero-order valence-corrected chi connectivity index (χ0v) is 11.8. The maximum Gasteiger partial charge on any atom is 0.407 e. The van der Waals surface area contributed by atoms with Gasteiger partial charge in [0.25, 0.3) is 0 Å². The number of carbonyl (C=O) groups is 2. The summed E-state index contributed by atoms with van der Waals surface area (Å²) in [4.78, 5) is 21.8. The van der Waals surface area contributed by atoms with E-state index in [1.807, 2.05) is 12.1 Å². The van der Waals surface area contributed by atoms with Gasteiger partial charge in [-0.15, -0.1) is 0 Å². The Kier molecular flexibility index (Phi) is 5.32. The molecule has 0 fully saturated rings. The lowest BCUT2D eigenvalue weighted by Gasteiger charge is -2.19. The van der Waals surface area contributed by atoms with Gasteiger partial charge in [-0.2, -0.15) is 0 Å². The van der Waals surface area contributed by atoms with E-state index in [1.54, 1.807) is 32.9 Å². The number of ether oxygens (including phenoxy) is 1. The number of rotatable bonds is 4. The summed E-state index contributed by atoms with van der Waals surface area (Å²) in [5.74, 6) is -0.985. The molecule has 1 amide bonds. The zero-order chi connectivity index (χ0) is 15.2. The van der Waals surface area contributed by atoms with Crippen LogP contribution in [0.4, 0.5) is 4.79 Å². The van der Waals surface area contributed by atoms with Crippen molar-refractivity contribution in [3.05, 3.63) is 41.5 Å². The Bertz CT molecular complexity index is 498. The smallest absolute Gasteiger partial charge is 0.407 e. The second-order valence-corrected chi connectivity index (χ2v) is 5.27. The predicted molar refractivity (Wildman–Crippen MR) is 76.2 cm³/mol. The molecule has 0 spiro atoms. The van der Waals surface area contributed by atoms with Crippen molar-refractivity contribution in [2.75, 3.05) is 0 Å². The third-order valence-corrected chi connectivity index (χ3v) is 2.23. The summed E-state index contributed by atoms with van der Waals surface area (Å²) in [6.45, 7) is 5.76. The number of hydrogen-bond donors (Lipinski definition) is 2. The maximum absolute atomic E-state index is 11.5. The van der Waals surface area contributed by atoms with E-state index in [0.29, 0.717) is 6.54 Å². The van der Waals surface area contributed by atoms with Crippen molar-refractivity contribution in [3.63, 3.8) is 0 Å². The Hall–Kier alpha value is -2.30. The first kappa shape index (κ1) is 15.8. The highest BCUT2D eigenvalue weighted by Crippen LogP contribution is 2.08. The van der Waals surface area contributed by atoms with Gasteiger partial charge in [-0.25, -0.2) is 9.59 Å². The summed E-state index contributed by atoms with van der Waals surface area (Å²) in [5.41, 5.74) is 1.17. The van der Waals surface area contributed by atoms with Crippen LogP contribution in [0, 0.1) is 0 Å². The highest BCUT2D eigenvalue weighted by atomic mass is 16.6. The molecule has 0 aliphatic rings. The van der Waals surface area contributed by atoms with Crippen LogP contribution >= 0.6 is 0 Å². The molecule has 108 valence electrons. The number of amides is 1. The molecule has 0 saturated carbocycles. The molecule has 0 unspecified atom stereocenters. The third kappa shape index (κ3) is 6.58. The number of carbonyl (C=O) groups excluding carboxylic acids is 1. The van der Waals surface area contributed by atoms with Crippen molar-refractivity contribution in [2.24, 2.45) is 0 Å². The average molecular weight is 277 g/mol. The molecule has 1 rings (SSSR count). The molecule has 5 heteroatoms. The largest absolute Gasteiger partial charge is 0.478 e. The first-order valence-corrected chi connectivity index (χ1v) is 6.23. The fraction of sp³-hybridized carbons (Fsp3) is 0.333. The molecule has 20 heavy (non-hydrogen) atoms. The fourth-order valence-corrected chi connectivity index (χ4v) is 1.40. The van der Waals surface area contributed by atoms with Crippen molar-refractivity contribution >= 4 is 18.1 Å². The minimum Gasteiger partial charge on any atom is -0.478 e. The lowest BCUT2D eigenvalue weighted by molar-refractivity contribution is -0.131. The Labute approximate surface area is 118 Å². The van der Waals surface area contributed by atoms with E-state index in [0.717, 1.165) is 17.2 Å². The number of alkyl carbamates (subject to hydrolysis) is 1. The number of carboxylic acid groups (broad SMARTS) is 1. The molecule has 0 aliphatic heterocycles. The molecule has 0 radical (unpaired) electrons. The monoisotopic (exact) mass is 277 g/mol. The minimum absolute atomic E-state index is 0.359. The zero-order valence-electron chi connectivity index (χ0n) is 11.8. The molecule has 1 aromatic rings. The number of hydrogen-bond acceptors (Lipinski definition) is 3. The normalized spacial score (nSPS) is 11.3. The van der Waals surface area contributed by atoms with E-state index >= 15 is 0 Å². The first-order chi connectivity index (χ1) is 9.26. The van der Waals surface area contributed by atoms with E-state index < -0.39 is 17.7 Å². The van der Waals surface area contributed by atoms with Crippen LogP contribution in [0.25, 0.3) is 6.08 Å². The van der Waals surface area contributed by atoms with E-state index in [2.05, 4.69) is 5.32 Å². The summed E-state index contributed by atoms with van der Waals surface area (Å²) < 4.78 is 5.12. The summed E-state index contributed by atoms with van der Waals surface area (Å²) in [5, 5.41) is 11.2. The molecule has 0 aromatic heterocycles. The second kappa shape index (κ2) is 6.75. The fourth-order valence-electron chi connectivity index (χ4n) is 1.40. The van der Waals surface area contributed by atoms with E-state index in [1.165, 1.54) is 6.08 Å². The Morgan fingerprint density at radius 3 is 2.35 bits per heavy atom. The van der Waals surface area contributed by atoms with Gasteiger partial charge < -0.3 is 15.2 Å². The second-order valence-electron chi connectivity index (χ2n) is 5.27. The topological polar surface area (TPSA) is 75.6 Å². The molecular formula is C15H19NO4. The van der Waals surface area contributed by atoms with Crippen molar-refractivity contribution in [3.8, 4) is 0 Å². The van der Waals surface area contributed by atoms with Crippen LogP contribution < -0.4 is 5.32 Å². The van der Waals surface area contributed by atoms with Gasteiger partial charge in [0.05, 0.1) is 0 Å². The van der Waals surface area contributed by atoms with Gasteiger partial charge in [0.1, 0.15) is 5.60 Å². The Morgan fingerprint density at radius 2 is 1.85 bits per heavy atom. The summed E-state index contributed by atoms with van der Waals surface area (Å²) in [7, 11) is 0. The molecule has 2 N–H and O–H groups in total. The van der Waals surface area contributed by atoms with Gasteiger partial charge in [-0.3, -0.25) is 0 Å². The van der Waals surface area contributed by atoms with Gasteiger partial charge in [-0.05, 0) is 38.0 Å². The Morgan fingerprint density at radius 1 is 1.25 bits per heavy atom. The molecule has 5 nitrogen and oxygen atoms in total. The molecule has 1 aromatic carbocycles. The van der Waals surface area contributed by atoms with E-state index in [4.69, 9.17) is 9.84 Å². The quantitative estimate of drug-likeness (QED) is 0.830. The van der Waals surface area contributed by atoms with E-state index in [-0.39, 0.29) is 0 Å². The van der Waals surface area contributed by atoms with Crippen LogP contribution in [0.3, 0.4) is 0 Å². The Balaban J connectivity index is 2.50. The highest BCUT2D eigenvalue weighted by molar-refractivity contribution is 5.85. The SMILES string of the molecule is CC(C)(C)OC(=O)NCc1ccc(C=CC(=O)O)cc1. The predicted octanol–water partition coefficient (Wildman–Crippen LogP) is 2.81. The van der Waals surface area contributed by atoms with Gasteiger partial charge >= 0.3 is 12.1 Å². The highest BCUT2D eigenvalue weighted by Gasteiger charge is 2.15. The van der Waals surface area contributed by atoms with Crippen LogP contribution in [0.1, 0.15) is 31.9 Å². The molecular weight excluding hydrogens is 258 g/mol. The third-order valence-electron chi connectivity index (χ3n) is 2.23. The van der Waals surface area contributed by atoms with Gasteiger partial charge in [-0.1, -0.05) is 24.3 Å². The number of aliphatic carboxylic acids is 1. The molecule has 0 saturated heterocycles. The molecule has 0 heterocycles. The lowest BCUT2D eigenvalue weighted by Crippen LogP contribution is -2.32. The maximum atomic E-state index is 11.5. The van der Waals surface area contributed by atoms with Gasteiger partial charge in [0.2, 0.25) is 0 Å². The van der Waals surface area contributed by atoms with Crippen LogP contribution in [0.15, 0.2) is 30.3 Å². The van der Waals surface area contributed by atoms with Crippen molar-refractivity contribution in [2.45, 2.75) is 32.9 Å². The standard InChI is InChI=1S/C15H19NO4/c1-15(2,3)20-14(19)16-10-12-6-4-11(5-7-12)8-9-13(17)18/h4-9H,10H2,1-3H3,(H,16,19)(H,17,18). The molecule has 0 bridgehead atoms. The van der Waals surface area contributed by atoms with Crippen LogP contribution in [-0.2, 0) is 16.1 Å². The van der Waals surface area contributed by atoms with E-state index in [9.17, 15) is 9.59 Å². The number of nitrogens with one attached hydrogen (secondary N) is 1. The van der Waals surface area contributed by atoms with Crippen LogP contribution in [0.2, 0.25) is 0 Å². The summed E-state index contributed by atoms with van der Waals surface area (Å²) >= 11 is 0. The average Bonchev–Trinajstić information content (AvgIpc) is 2.33. The van der Waals surface area contributed by atoms with Crippen LogP contribution in [0.5, 0.6) is 0 Å². The molecule has 0 atom stereocenters. The van der Waals surface area contributed by atoms with Gasteiger partial charge in [0, 0.05) is 12.6 Å². The molecule has 0 aliphatic carbocycles. The summed E-state index contributed by atoms with van der Waals surface area (Å²) in [6, 6.07) is 7.20. The van der Waals surface area contributed by atoms with Crippen LogP contribution in [-0.4, -0.2) is 22.8 Å².